The first-order valence-corrected chi connectivity index (χ1v) is 30.5. The molecule has 1 rings (SSSR count). The largest absolute Gasteiger partial charge is 0.481 e. The van der Waals surface area contributed by atoms with E-state index in [1.807, 2.05) is 13.8 Å². The smallest absolute Gasteiger partial charge is 0.327 e. The van der Waals surface area contributed by atoms with Crippen LogP contribution in [0, 0.1) is 5.92 Å². The number of rotatable bonds is 43. The van der Waals surface area contributed by atoms with Crippen molar-refractivity contribution in [2.45, 2.75) is 178 Å². The average molecular weight is 1260 g/mol. The lowest BCUT2D eigenvalue weighted by atomic mass is 10.0. The second kappa shape index (κ2) is 41.6. The maximum absolute atomic E-state index is 14.8. The van der Waals surface area contributed by atoms with E-state index in [4.69, 9.17) is 45.9 Å². The van der Waals surface area contributed by atoms with Crippen molar-refractivity contribution in [1.82, 2.24) is 47.4 Å². The highest BCUT2D eigenvalue weighted by atomic mass is 32.2. The lowest BCUT2D eigenvalue weighted by Gasteiger charge is -2.31. The van der Waals surface area contributed by atoms with Crippen molar-refractivity contribution in [3.8, 4) is 0 Å². The standard InChI is InChI=1S/C51H94N20O13S2/c1-27(2)25-29(53)40(75)63-28(3)39(74)64-31(12-7-20-60-49(54)55)41(76)66-33(16-17-38(72)73)44(79)65-30(11-5-6-19-52)43(78)69-35(14-9-22-62-51(58)59)47(82)71-23-10-15-37(71)46(81)68-32(13-8-21-61-50(56)57)42(77)67-34(18-24-86-4)45(80)70-36(26-85)48(83)84/h27-37,85H,5-26,52-53H2,1-4H3,(H,63,75)(H,64,74)(H,65,79)(H,66,76)(H,67,77)(H,68,81)(H,69,78)(H,70,80)(H,72,73)(H,83,84)(H4,54,55,60)(H4,56,57,61)(H4,58,59,62)/t28-,29-,30-,31-,32-,33-,34-,35-,36-,37-/m0/s1. The molecule has 0 bridgehead atoms. The number of nitrogens with one attached hydrogen (secondary N) is 8. The van der Waals surface area contributed by atoms with E-state index in [1.54, 1.807) is 6.26 Å². The Morgan fingerprint density at radius 1 is 0.558 bits per heavy atom. The van der Waals surface area contributed by atoms with Crippen molar-refractivity contribution in [3.05, 3.63) is 0 Å². The number of guanidine groups is 3. The summed E-state index contributed by atoms with van der Waals surface area (Å²) in [6.45, 7) is 5.36. The zero-order chi connectivity index (χ0) is 65.1. The number of thioether (sulfide) groups is 1. The van der Waals surface area contributed by atoms with Crippen molar-refractivity contribution in [1.29, 1.82) is 0 Å². The molecule has 1 fully saturated rings. The van der Waals surface area contributed by atoms with Crippen LogP contribution in [0.25, 0.3) is 0 Å². The second-order valence-electron chi connectivity index (χ2n) is 20.9. The molecule has 0 aromatic rings. The van der Waals surface area contributed by atoms with E-state index < -0.39 is 138 Å². The minimum Gasteiger partial charge on any atom is -0.481 e. The van der Waals surface area contributed by atoms with Crippen LogP contribution in [0.15, 0.2) is 15.0 Å². The lowest BCUT2D eigenvalue weighted by Crippen LogP contribution is -2.60. The molecule has 0 spiro atoms. The summed E-state index contributed by atoms with van der Waals surface area (Å²) in [6, 6.07) is -13.1. The number of nitrogens with two attached hydrogens (primary N) is 8. The Balaban J connectivity index is 3.68. The monoisotopic (exact) mass is 1260 g/mol. The van der Waals surface area contributed by atoms with Gasteiger partial charge in [-0.2, -0.15) is 24.4 Å². The lowest BCUT2D eigenvalue weighted by molar-refractivity contribution is -0.143. The van der Waals surface area contributed by atoms with Crippen LogP contribution >= 0.6 is 24.4 Å². The molecule has 488 valence electrons. The molecule has 0 aromatic carbocycles. The first kappa shape index (κ1) is 76.6. The molecule has 33 nitrogen and oxygen atoms in total. The van der Waals surface area contributed by atoms with Gasteiger partial charge in [0, 0.05) is 38.4 Å². The minimum absolute atomic E-state index is 0.00147. The van der Waals surface area contributed by atoms with Gasteiger partial charge in [-0.25, -0.2) is 4.79 Å². The number of likely N-dealkylation sites (tertiary alicyclic amines) is 1. The number of thiol groups is 1. The summed E-state index contributed by atoms with van der Waals surface area (Å²) < 4.78 is 0. The average Bonchev–Trinajstić information content (AvgIpc) is 2.45. The summed E-state index contributed by atoms with van der Waals surface area (Å²) in [5, 5.41) is 39.8. The maximum atomic E-state index is 14.8. The van der Waals surface area contributed by atoms with Crippen molar-refractivity contribution in [3.63, 3.8) is 0 Å². The van der Waals surface area contributed by atoms with Gasteiger partial charge in [-0.1, -0.05) is 13.8 Å². The topological polar surface area (TPSA) is 573 Å². The quantitative estimate of drug-likeness (QED) is 0.0117. The Bertz CT molecular complexity index is 2340. The predicted octanol–water partition coefficient (Wildman–Crippen LogP) is -5.83. The number of aliphatic carboxylic acids is 2. The van der Waals surface area contributed by atoms with E-state index in [0.29, 0.717) is 25.0 Å². The normalized spacial score (nSPS) is 15.9. The minimum atomic E-state index is -1.63. The van der Waals surface area contributed by atoms with Gasteiger partial charge in [0.15, 0.2) is 17.9 Å². The molecule has 0 radical (unpaired) electrons. The molecule has 0 saturated carbocycles. The third-order valence-electron chi connectivity index (χ3n) is 13.3. The van der Waals surface area contributed by atoms with Crippen LogP contribution in [-0.4, -0.2) is 209 Å². The number of hydrogen-bond donors (Lipinski definition) is 19. The Labute approximate surface area is 510 Å². The molecule has 0 aromatic heterocycles. The number of hydrogen-bond acceptors (Lipinski definition) is 18. The number of carboxylic acids is 2. The second-order valence-corrected chi connectivity index (χ2v) is 22.3. The summed E-state index contributed by atoms with van der Waals surface area (Å²) >= 11 is 5.36. The van der Waals surface area contributed by atoms with E-state index in [1.165, 1.54) is 23.6 Å². The predicted molar refractivity (Wildman–Crippen MR) is 327 cm³/mol. The zero-order valence-corrected chi connectivity index (χ0v) is 51.3. The number of amides is 9. The SMILES string of the molecule is CSCC[C@H](NC(=O)[C@H](CCCN=C(N)N)NC(=O)[C@@H]1CCCN1C(=O)[C@H](CCCN=C(N)N)NC(=O)[C@H](CCCCN)NC(=O)[C@H](CCC(=O)O)NC(=O)[C@H](CCCN=C(N)N)NC(=O)[C@H](C)NC(=O)[C@@H](N)CC(C)C)C(=O)N[C@@H](CS)C(=O)O. The van der Waals surface area contributed by atoms with Crippen LogP contribution in [0.4, 0.5) is 0 Å². The van der Waals surface area contributed by atoms with E-state index in [0.717, 1.165) is 0 Å². The molecular formula is C51H94N20O13S2. The number of carbonyl (C=O) groups excluding carboxylic acids is 9. The van der Waals surface area contributed by atoms with Gasteiger partial charge in [0.25, 0.3) is 0 Å². The number of carbonyl (C=O) groups is 11. The molecule has 1 aliphatic heterocycles. The molecule has 1 aliphatic rings. The highest BCUT2D eigenvalue weighted by Gasteiger charge is 2.40. The molecule has 86 heavy (non-hydrogen) atoms. The van der Waals surface area contributed by atoms with Crippen molar-refractivity contribution < 1.29 is 63.0 Å². The van der Waals surface area contributed by atoms with E-state index >= 15 is 0 Å². The molecule has 26 N–H and O–H groups in total. The Kier molecular flexibility index (Phi) is 37.1. The number of nitrogens with zero attached hydrogens (tertiary/aromatic N) is 4. The van der Waals surface area contributed by atoms with Crippen LogP contribution < -0.4 is 88.4 Å². The summed E-state index contributed by atoms with van der Waals surface area (Å²) in [6.07, 6.45) is 2.09. The molecule has 9 amide bonds. The van der Waals surface area contributed by atoms with Crippen molar-refractivity contribution >= 4 is 107 Å². The van der Waals surface area contributed by atoms with Gasteiger partial charge in [0.2, 0.25) is 53.2 Å². The van der Waals surface area contributed by atoms with Gasteiger partial charge in [-0.3, -0.25) is 62.9 Å². The van der Waals surface area contributed by atoms with Gasteiger partial charge < -0.3 is 104 Å². The first-order chi connectivity index (χ1) is 40.6. The number of carboxylic acid groups (broad SMARTS) is 2. The third-order valence-corrected chi connectivity index (χ3v) is 14.3. The molecule has 1 heterocycles. The highest BCUT2D eigenvalue weighted by Crippen LogP contribution is 2.21. The number of aliphatic imine (C=N–C) groups is 3. The molecule has 35 heteroatoms. The van der Waals surface area contributed by atoms with Gasteiger partial charge >= 0.3 is 11.9 Å². The molecular weight excluding hydrogens is 1160 g/mol. The van der Waals surface area contributed by atoms with E-state index in [-0.39, 0.29) is 126 Å². The van der Waals surface area contributed by atoms with Crippen LogP contribution in [-0.2, 0) is 52.7 Å². The zero-order valence-electron chi connectivity index (χ0n) is 49.6. The fraction of sp³-hybridized carbons (Fsp3) is 0.725. The molecule has 1 saturated heterocycles. The van der Waals surface area contributed by atoms with E-state index in [9.17, 15) is 63.0 Å². The fourth-order valence-electron chi connectivity index (χ4n) is 8.72. The molecule has 0 aliphatic carbocycles. The highest BCUT2D eigenvalue weighted by molar-refractivity contribution is 7.98. The van der Waals surface area contributed by atoms with E-state index in [2.05, 4.69) is 70.1 Å². The van der Waals surface area contributed by atoms with Crippen LogP contribution in [0.1, 0.15) is 117 Å². The fourth-order valence-corrected chi connectivity index (χ4v) is 9.44. The Hall–Kier alpha value is -7.40. The first-order valence-electron chi connectivity index (χ1n) is 28.5. The van der Waals surface area contributed by atoms with Crippen molar-refractivity contribution in [2.24, 2.45) is 66.8 Å². The molecule has 10 atom stereocenters. The van der Waals surface area contributed by atoms with Crippen molar-refractivity contribution in [2.75, 3.05) is 50.5 Å². The Morgan fingerprint density at radius 2 is 0.977 bits per heavy atom. The summed E-state index contributed by atoms with van der Waals surface area (Å²) in [4.78, 5) is 162. The third kappa shape index (κ3) is 30.6. The van der Waals surface area contributed by atoms with Crippen LogP contribution in [0.3, 0.4) is 0 Å². The van der Waals surface area contributed by atoms with Gasteiger partial charge in [0.05, 0.1) is 6.04 Å². The summed E-state index contributed by atoms with van der Waals surface area (Å²) in [5.74, 6) is -10.6. The summed E-state index contributed by atoms with van der Waals surface area (Å²) in [7, 11) is 0. The van der Waals surface area contributed by atoms with Gasteiger partial charge in [-0.15, -0.1) is 0 Å². The summed E-state index contributed by atoms with van der Waals surface area (Å²) in [5.41, 5.74) is 44.9. The maximum Gasteiger partial charge on any atom is 0.327 e. The Morgan fingerprint density at radius 3 is 1.41 bits per heavy atom. The number of unbranched alkanes of at least 4 members (excludes halogenated alkanes) is 1. The van der Waals surface area contributed by atoms with Crippen LogP contribution in [0.5, 0.6) is 0 Å². The van der Waals surface area contributed by atoms with Gasteiger partial charge in [0.1, 0.15) is 54.4 Å². The van der Waals surface area contributed by atoms with Crippen LogP contribution in [0.2, 0.25) is 0 Å². The molecule has 0 unspecified atom stereocenters. The van der Waals surface area contributed by atoms with Gasteiger partial charge in [-0.05, 0) is 121 Å².